The number of anilines is 1. The van der Waals surface area contributed by atoms with Crippen LogP contribution in [-0.4, -0.2) is 125 Å². The van der Waals surface area contributed by atoms with Crippen molar-refractivity contribution in [2.45, 2.75) is 71.1 Å². The highest BCUT2D eigenvalue weighted by Crippen LogP contribution is 2.33. The van der Waals surface area contributed by atoms with Crippen LogP contribution in [-0.2, 0) is 65.3 Å². The van der Waals surface area contributed by atoms with E-state index in [1.54, 1.807) is 11.3 Å². The molecule has 0 unspecified atom stereocenters. The number of hydrogen-bond donors (Lipinski definition) is 2. The first kappa shape index (κ1) is 43.9. The number of amides is 3. The van der Waals surface area contributed by atoms with E-state index >= 15 is 0 Å². The van der Waals surface area contributed by atoms with Gasteiger partial charge in [0.2, 0.25) is 5.91 Å². The second kappa shape index (κ2) is 25.3. The van der Waals surface area contributed by atoms with Crippen molar-refractivity contribution in [2.24, 2.45) is 0 Å². The number of benzene rings is 1. The summed E-state index contributed by atoms with van der Waals surface area (Å²) >= 11 is 1.71. The zero-order chi connectivity index (χ0) is 39.1. The average molecular weight is 790 g/mol. The lowest BCUT2D eigenvalue weighted by atomic mass is 10.0. The Bertz CT molecular complexity index is 1640. The van der Waals surface area contributed by atoms with Gasteiger partial charge in [-0.2, -0.15) is 0 Å². The highest BCUT2D eigenvalue weighted by Gasteiger charge is 2.32. The van der Waals surface area contributed by atoms with Crippen molar-refractivity contribution >= 4 is 62.0 Å². The molecule has 0 aliphatic carbocycles. The number of aryl methyl sites for hydroxylation is 2. The summed E-state index contributed by atoms with van der Waals surface area (Å²) < 4.78 is 33.7. The van der Waals surface area contributed by atoms with Gasteiger partial charge < -0.3 is 44.3 Å². The molecule has 0 spiro atoms. The SMILES string of the molecule is CCCc1nc2c(N)nc3cc(CCCCCNC(=O)CCOCCOCCOCCOCCOCCOCCC(=O)ON4C(=O)CCC4=O)ccc3c2s1. The van der Waals surface area contributed by atoms with Crippen LogP contribution in [0, 0.1) is 0 Å². The quantitative estimate of drug-likeness (QED) is 0.0732. The fraction of sp³-hybridized carbons (Fsp3) is 0.632. The summed E-state index contributed by atoms with van der Waals surface area (Å²) in [5.74, 6) is -1.25. The molecular weight excluding hydrogens is 735 g/mol. The zero-order valence-electron chi connectivity index (χ0n) is 31.8. The molecule has 1 saturated heterocycles. The number of carbonyl (C=O) groups excluding carboxylic acids is 4. The Kier molecular flexibility index (Phi) is 20.2. The Morgan fingerprint density at radius 2 is 1.35 bits per heavy atom. The average Bonchev–Trinajstić information content (AvgIpc) is 3.74. The van der Waals surface area contributed by atoms with E-state index in [-0.39, 0.29) is 38.4 Å². The standard InChI is InChI=1S/C38H55N5O11S/c1-2-6-32-42-36-37(55-32)29-9-8-28(27-30(29)41-38(36)39)7-4-3-5-14-40-31(44)12-15-48-17-19-50-21-23-52-25-26-53-24-22-51-20-18-49-16-13-35(47)54-43-33(45)10-11-34(43)46/h8-9,27H,2-7,10-26H2,1H3,(H2,39,41)(H,40,44). The fourth-order valence-electron chi connectivity index (χ4n) is 5.52. The van der Waals surface area contributed by atoms with E-state index in [0.717, 1.165) is 64.7 Å². The molecule has 1 aromatic carbocycles. The number of aromatic nitrogens is 2. The molecule has 0 bridgehead atoms. The Morgan fingerprint density at radius 3 is 1.95 bits per heavy atom. The molecule has 0 saturated carbocycles. The lowest BCUT2D eigenvalue weighted by molar-refractivity contribution is -0.198. The molecule has 1 fully saturated rings. The van der Waals surface area contributed by atoms with Gasteiger partial charge in [-0.3, -0.25) is 14.4 Å². The lowest BCUT2D eigenvalue weighted by Crippen LogP contribution is -2.32. The van der Waals surface area contributed by atoms with Crippen molar-refractivity contribution in [2.75, 3.05) is 91.6 Å². The lowest BCUT2D eigenvalue weighted by Gasteiger charge is -2.12. The van der Waals surface area contributed by atoms with Gasteiger partial charge >= 0.3 is 5.97 Å². The molecule has 1 aliphatic heterocycles. The molecule has 3 N–H and O–H groups in total. The first-order valence-electron chi connectivity index (χ1n) is 19.1. The molecule has 17 heteroatoms. The molecular formula is C38H55N5O11S. The van der Waals surface area contributed by atoms with Gasteiger partial charge in [-0.1, -0.05) is 25.5 Å². The number of nitrogens with zero attached hydrogens (tertiary/aromatic N) is 3. The molecule has 3 heterocycles. The maximum Gasteiger partial charge on any atom is 0.335 e. The topological polar surface area (TPSA) is 200 Å². The maximum atomic E-state index is 12.1. The van der Waals surface area contributed by atoms with Crippen LogP contribution >= 0.6 is 11.3 Å². The largest absolute Gasteiger partial charge is 0.382 e. The van der Waals surface area contributed by atoms with E-state index in [0.29, 0.717) is 89.9 Å². The van der Waals surface area contributed by atoms with Gasteiger partial charge in [-0.15, -0.1) is 16.4 Å². The number of hydroxylamine groups is 2. The van der Waals surface area contributed by atoms with Crippen molar-refractivity contribution in [3.8, 4) is 0 Å². The summed E-state index contributed by atoms with van der Waals surface area (Å²) in [6, 6.07) is 6.44. The first-order chi connectivity index (χ1) is 26.9. The third kappa shape index (κ3) is 16.0. The number of unbranched alkanes of at least 4 members (excludes halogenated alkanes) is 2. The summed E-state index contributed by atoms with van der Waals surface area (Å²) in [5.41, 5.74) is 9.21. The van der Waals surface area contributed by atoms with Crippen LogP contribution in [0.15, 0.2) is 18.2 Å². The number of fused-ring (bicyclic) bond motifs is 3. The number of thiazole rings is 1. The van der Waals surface area contributed by atoms with Crippen LogP contribution < -0.4 is 11.1 Å². The van der Waals surface area contributed by atoms with Gasteiger partial charge in [0.05, 0.1) is 101 Å². The Morgan fingerprint density at radius 1 is 0.764 bits per heavy atom. The Labute approximate surface area is 325 Å². The molecule has 304 valence electrons. The molecule has 3 amide bonds. The number of carbonyl (C=O) groups is 4. The van der Waals surface area contributed by atoms with E-state index in [9.17, 15) is 19.2 Å². The summed E-state index contributed by atoms with van der Waals surface area (Å²) in [7, 11) is 0. The number of ether oxygens (including phenoxy) is 6. The minimum atomic E-state index is -0.703. The van der Waals surface area contributed by atoms with Crippen molar-refractivity contribution in [3.05, 3.63) is 28.8 Å². The number of nitrogens with two attached hydrogens (primary N) is 1. The summed E-state index contributed by atoms with van der Waals surface area (Å²) in [6.07, 6.45) is 6.26. The van der Waals surface area contributed by atoms with Gasteiger partial charge in [0.25, 0.3) is 11.8 Å². The zero-order valence-corrected chi connectivity index (χ0v) is 32.6. The highest BCUT2D eigenvalue weighted by atomic mass is 32.1. The van der Waals surface area contributed by atoms with Crippen LogP contribution in [0.3, 0.4) is 0 Å². The van der Waals surface area contributed by atoms with Crippen LogP contribution in [0.25, 0.3) is 21.1 Å². The maximum absolute atomic E-state index is 12.1. The molecule has 3 aromatic rings. The van der Waals surface area contributed by atoms with Gasteiger partial charge in [-0.25, -0.2) is 14.8 Å². The van der Waals surface area contributed by atoms with Gasteiger partial charge in [0.1, 0.15) is 5.52 Å². The number of nitrogen functional groups attached to an aromatic ring is 1. The number of hydrogen-bond acceptors (Lipinski definition) is 15. The van der Waals surface area contributed by atoms with Gasteiger partial charge in [0.15, 0.2) is 5.82 Å². The number of pyridine rings is 1. The molecule has 0 radical (unpaired) electrons. The number of rotatable bonds is 30. The van der Waals surface area contributed by atoms with E-state index in [4.69, 9.17) is 44.0 Å². The molecule has 55 heavy (non-hydrogen) atoms. The van der Waals surface area contributed by atoms with Crippen molar-refractivity contribution < 1.29 is 52.4 Å². The third-order valence-electron chi connectivity index (χ3n) is 8.37. The van der Waals surface area contributed by atoms with E-state index < -0.39 is 17.8 Å². The van der Waals surface area contributed by atoms with Crippen LogP contribution in [0.4, 0.5) is 5.82 Å². The van der Waals surface area contributed by atoms with Gasteiger partial charge in [0, 0.05) is 31.2 Å². The molecule has 0 atom stereocenters. The third-order valence-corrected chi connectivity index (χ3v) is 9.52. The number of nitrogens with one attached hydrogen (secondary N) is 1. The Hall–Kier alpha value is -3.84. The summed E-state index contributed by atoms with van der Waals surface area (Å²) in [5, 5.41) is 5.69. The van der Waals surface area contributed by atoms with Crippen molar-refractivity contribution in [1.82, 2.24) is 20.3 Å². The second-order valence-corrected chi connectivity index (χ2v) is 13.8. The Balaban J connectivity index is 0.858. The normalized spacial score (nSPS) is 13.1. The van der Waals surface area contributed by atoms with Crippen LogP contribution in [0.1, 0.15) is 68.9 Å². The molecule has 4 rings (SSSR count). The highest BCUT2D eigenvalue weighted by molar-refractivity contribution is 7.19. The minimum Gasteiger partial charge on any atom is -0.382 e. The monoisotopic (exact) mass is 789 g/mol. The molecule has 16 nitrogen and oxygen atoms in total. The molecule has 2 aromatic heterocycles. The van der Waals surface area contributed by atoms with Crippen molar-refractivity contribution in [1.29, 1.82) is 0 Å². The predicted molar refractivity (Wildman–Crippen MR) is 205 cm³/mol. The fourth-order valence-corrected chi connectivity index (χ4v) is 6.72. The predicted octanol–water partition coefficient (Wildman–Crippen LogP) is 3.70. The molecule has 1 aliphatic rings. The van der Waals surface area contributed by atoms with E-state index in [1.807, 2.05) is 0 Å². The smallest absolute Gasteiger partial charge is 0.335 e. The second-order valence-electron chi connectivity index (χ2n) is 12.8. The van der Waals surface area contributed by atoms with Crippen molar-refractivity contribution in [3.63, 3.8) is 0 Å². The summed E-state index contributed by atoms with van der Waals surface area (Å²) in [4.78, 5) is 60.7. The van der Waals surface area contributed by atoms with E-state index in [2.05, 4.69) is 35.4 Å². The first-order valence-corrected chi connectivity index (χ1v) is 19.9. The number of imide groups is 1. The minimum absolute atomic E-state index is 0.0160. The summed E-state index contributed by atoms with van der Waals surface area (Å²) in [6.45, 7) is 7.17. The van der Waals surface area contributed by atoms with Crippen LogP contribution in [0.5, 0.6) is 0 Å². The van der Waals surface area contributed by atoms with E-state index in [1.165, 1.54) is 5.56 Å². The van der Waals surface area contributed by atoms with Crippen LogP contribution in [0.2, 0.25) is 0 Å². The van der Waals surface area contributed by atoms with Gasteiger partial charge in [-0.05, 0) is 43.7 Å².